The Morgan fingerprint density at radius 3 is 1.87 bits per heavy atom. The van der Waals surface area contributed by atoms with Crippen LogP contribution in [0.1, 0.15) is 79.0 Å². The normalized spacial score (nSPS) is 14.1. The summed E-state index contributed by atoms with van der Waals surface area (Å²) in [7, 11) is 0. The Morgan fingerprint density at radius 1 is 0.532 bits per heavy atom. The third-order valence-electron chi connectivity index (χ3n) is 14.0. The molecule has 0 amide bonds. The van der Waals surface area contributed by atoms with Gasteiger partial charge >= 0.3 is 6.85 Å². The highest BCUT2D eigenvalue weighted by Crippen LogP contribution is 2.55. The first kappa shape index (κ1) is 36.8. The van der Waals surface area contributed by atoms with E-state index in [0.717, 1.165) is 11.2 Å². The number of rotatable bonds is 1. The summed E-state index contributed by atoms with van der Waals surface area (Å²) in [6, 6.07) is 46.7. The number of nitrogens with zero attached hydrogens (tertiary/aromatic N) is 2. The summed E-state index contributed by atoms with van der Waals surface area (Å²) in [5.74, 6) is 0. The fourth-order valence-corrected chi connectivity index (χ4v) is 13.2. The summed E-state index contributed by atoms with van der Waals surface area (Å²) in [6.45, 7) is 20.6. The zero-order valence-corrected chi connectivity index (χ0v) is 38.4. The fourth-order valence-electron chi connectivity index (χ4n) is 10.8. The van der Waals surface area contributed by atoms with E-state index in [2.05, 4.69) is 193 Å². The minimum Gasteiger partial charge on any atom is -0.466 e. The second-order valence-electron chi connectivity index (χ2n) is 20.9. The van der Waals surface area contributed by atoms with Gasteiger partial charge in [0.25, 0.3) is 0 Å². The molecule has 0 unspecified atom stereocenters. The van der Waals surface area contributed by atoms with Crippen LogP contribution < -0.4 is 15.9 Å². The first-order valence-corrected chi connectivity index (χ1v) is 23.7. The van der Waals surface area contributed by atoms with Gasteiger partial charge in [-0.1, -0.05) is 123 Å². The maximum atomic E-state index is 7.45. The SMILES string of the molecule is CC(C)(C)c1ccc(N2B3c4oc5ccc(C(C)(C)C)cc5c4-n4c5ccc(C(C)(C)C)cc5c5c6sc7ccccc7c6c(c3c54)-c3cc4sc5ccccc5c4cc32)cc1. The van der Waals surface area contributed by atoms with E-state index in [9.17, 15) is 0 Å². The van der Waals surface area contributed by atoms with Crippen LogP contribution in [0.25, 0.3) is 89.9 Å². The van der Waals surface area contributed by atoms with Gasteiger partial charge in [0.2, 0.25) is 0 Å². The summed E-state index contributed by atoms with van der Waals surface area (Å²) in [6.07, 6.45) is 0. The van der Waals surface area contributed by atoms with Gasteiger partial charge < -0.3 is 13.8 Å². The van der Waals surface area contributed by atoms with Crippen molar-refractivity contribution in [3.8, 4) is 16.8 Å². The molecule has 3 nitrogen and oxygen atoms in total. The van der Waals surface area contributed by atoms with Crippen LogP contribution in [0.3, 0.4) is 0 Å². The first-order valence-electron chi connectivity index (χ1n) is 22.0. The van der Waals surface area contributed by atoms with Gasteiger partial charge in [0.15, 0.2) is 0 Å². The molecule has 0 bridgehead atoms. The minimum absolute atomic E-state index is 0.0154. The number of fused-ring (bicyclic) bond motifs is 18. The number of hydrogen-bond donors (Lipinski definition) is 0. The average Bonchev–Trinajstić information content (AvgIpc) is 4.00. The van der Waals surface area contributed by atoms with Crippen molar-refractivity contribution in [3.05, 3.63) is 138 Å². The van der Waals surface area contributed by atoms with Crippen molar-refractivity contribution in [2.45, 2.75) is 78.6 Å². The monoisotopic (exact) mass is 838 g/mol. The van der Waals surface area contributed by atoms with Crippen molar-refractivity contribution in [1.29, 1.82) is 0 Å². The number of aromatic nitrogens is 1. The van der Waals surface area contributed by atoms with Crippen molar-refractivity contribution in [2.75, 3.05) is 4.81 Å². The van der Waals surface area contributed by atoms with Gasteiger partial charge in [-0.15, -0.1) is 22.7 Å². The van der Waals surface area contributed by atoms with Gasteiger partial charge in [-0.2, -0.15) is 0 Å². The summed E-state index contributed by atoms with van der Waals surface area (Å²) in [4.78, 5) is 2.64. The number of benzene rings is 7. The van der Waals surface area contributed by atoms with Crippen molar-refractivity contribution in [2.24, 2.45) is 0 Å². The van der Waals surface area contributed by atoms with Crippen LogP contribution in [0, 0.1) is 0 Å². The molecule has 11 aromatic rings. The predicted molar refractivity (Wildman–Crippen MR) is 271 cm³/mol. The maximum absolute atomic E-state index is 7.45. The van der Waals surface area contributed by atoms with Crippen LogP contribution in [0.5, 0.6) is 0 Å². The van der Waals surface area contributed by atoms with Gasteiger partial charge in [0.1, 0.15) is 11.2 Å². The first-order chi connectivity index (χ1) is 29.6. The zero-order chi connectivity index (χ0) is 42.4. The second kappa shape index (κ2) is 12.0. The van der Waals surface area contributed by atoms with E-state index in [1.54, 1.807) is 0 Å². The van der Waals surface area contributed by atoms with E-state index >= 15 is 0 Å². The molecule has 302 valence electrons. The Kier molecular flexibility index (Phi) is 7.12. The third kappa shape index (κ3) is 4.83. The van der Waals surface area contributed by atoms with Gasteiger partial charge in [0.05, 0.1) is 16.7 Å². The molecular formula is C56H47BN2OS2. The molecule has 0 saturated heterocycles. The highest BCUT2D eigenvalue weighted by atomic mass is 32.1. The van der Waals surface area contributed by atoms with E-state index in [1.807, 2.05) is 22.7 Å². The molecule has 6 heterocycles. The van der Waals surface area contributed by atoms with Gasteiger partial charge in [-0.25, -0.2) is 0 Å². The maximum Gasteiger partial charge on any atom is 0.375 e. The van der Waals surface area contributed by atoms with E-state index in [1.165, 1.54) is 118 Å². The van der Waals surface area contributed by atoms with Crippen molar-refractivity contribution >= 4 is 125 Å². The lowest BCUT2D eigenvalue weighted by Crippen LogP contribution is -2.60. The Labute approximate surface area is 370 Å². The quantitative estimate of drug-likeness (QED) is 0.154. The number of anilines is 2. The molecule has 0 atom stereocenters. The predicted octanol–water partition coefficient (Wildman–Crippen LogP) is 15.4. The van der Waals surface area contributed by atoms with Crippen LogP contribution in [-0.2, 0) is 16.2 Å². The Balaban J connectivity index is 1.29. The zero-order valence-electron chi connectivity index (χ0n) is 36.7. The van der Waals surface area contributed by atoms with Crippen LogP contribution in [0.4, 0.5) is 11.4 Å². The largest absolute Gasteiger partial charge is 0.466 e. The molecule has 0 N–H and O–H groups in total. The summed E-state index contributed by atoms with van der Waals surface area (Å²) in [5, 5.41) is 9.13. The van der Waals surface area contributed by atoms with E-state index in [4.69, 9.17) is 4.42 Å². The lowest BCUT2D eigenvalue weighted by atomic mass is 9.46. The van der Waals surface area contributed by atoms with E-state index in [0.29, 0.717) is 0 Å². The third-order valence-corrected chi connectivity index (χ3v) is 16.3. The summed E-state index contributed by atoms with van der Waals surface area (Å²) in [5.41, 5.74) is 15.9. The lowest BCUT2D eigenvalue weighted by molar-refractivity contribution is 0.590. The van der Waals surface area contributed by atoms with Crippen LogP contribution in [-0.4, -0.2) is 11.4 Å². The average molecular weight is 839 g/mol. The molecule has 0 radical (unpaired) electrons. The summed E-state index contributed by atoms with van der Waals surface area (Å²) >= 11 is 3.87. The smallest absolute Gasteiger partial charge is 0.375 e. The molecule has 0 aliphatic carbocycles. The standard InChI is InChI=1S/C56H47BN2OS2/c1-54(2,3)30-18-22-33(23-19-30)59-41-28-36-34-14-10-12-16-43(34)61-45(36)29-38(41)46-47-35-15-11-13-17-44(35)62-52(47)48-37-26-31(55(4,5)6)20-24-40(37)58-50-39-27-32(56(7,8)9)21-25-42(39)60-53(50)57(59)49(46)51(48)58/h10-29H,1-9H3. The minimum atomic E-state index is -0.231. The van der Waals surface area contributed by atoms with E-state index < -0.39 is 0 Å². The van der Waals surface area contributed by atoms with Crippen LogP contribution in [0.2, 0.25) is 0 Å². The van der Waals surface area contributed by atoms with E-state index in [-0.39, 0.29) is 23.1 Å². The molecule has 7 aromatic carbocycles. The topological polar surface area (TPSA) is 21.3 Å². The second-order valence-corrected chi connectivity index (χ2v) is 23.1. The van der Waals surface area contributed by atoms with Crippen molar-refractivity contribution < 1.29 is 4.42 Å². The summed E-state index contributed by atoms with van der Waals surface area (Å²) < 4.78 is 15.4. The molecule has 0 fully saturated rings. The molecule has 6 heteroatoms. The lowest BCUT2D eigenvalue weighted by Gasteiger charge is -2.40. The molecule has 0 saturated carbocycles. The molecular weight excluding hydrogens is 792 g/mol. The van der Waals surface area contributed by atoms with Gasteiger partial charge in [0, 0.05) is 73.4 Å². The molecule has 62 heavy (non-hydrogen) atoms. The highest BCUT2D eigenvalue weighted by Gasteiger charge is 2.49. The Morgan fingerprint density at radius 2 is 1.16 bits per heavy atom. The Bertz CT molecular complexity index is 3760. The number of hydrogen-bond acceptors (Lipinski definition) is 4. The number of furan rings is 1. The van der Waals surface area contributed by atoms with Crippen LogP contribution >= 0.6 is 22.7 Å². The molecule has 4 aromatic heterocycles. The van der Waals surface area contributed by atoms with Crippen molar-refractivity contribution in [1.82, 2.24) is 4.57 Å². The van der Waals surface area contributed by atoms with Gasteiger partial charge in [-0.3, -0.25) is 0 Å². The van der Waals surface area contributed by atoms with Gasteiger partial charge in [-0.05, 0) is 105 Å². The van der Waals surface area contributed by atoms with Crippen molar-refractivity contribution in [3.63, 3.8) is 0 Å². The molecule has 0 spiro atoms. The Hall–Kier alpha value is -5.82. The molecule has 13 rings (SSSR count). The molecule has 2 aliphatic rings. The highest BCUT2D eigenvalue weighted by molar-refractivity contribution is 7.27. The fraction of sp³-hybridized carbons (Fsp3) is 0.214. The van der Waals surface area contributed by atoms with Crippen LogP contribution in [0.15, 0.2) is 126 Å². The number of thiophene rings is 2. The molecule has 2 aliphatic heterocycles.